The molecule has 3 nitrogen and oxygen atoms in total. The molecule has 0 unspecified atom stereocenters. The lowest BCUT2D eigenvalue weighted by Gasteiger charge is -2.15. The second kappa shape index (κ2) is 8.13. The summed E-state index contributed by atoms with van der Waals surface area (Å²) in [5.74, 6) is -0.208. The Hall–Kier alpha value is -1.06. The molecule has 0 aliphatic carbocycles. The number of nitrogens with one attached hydrogen (secondary N) is 1. The highest BCUT2D eigenvalue weighted by atomic mass is 35.5. The second-order valence-corrected chi connectivity index (χ2v) is 3.32. The molecule has 90 valence electrons. The molecule has 16 heavy (non-hydrogen) atoms. The number of halogens is 1. The topological polar surface area (TPSA) is 38.3 Å². The van der Waals surface area contributed by atoms with E-state index in [-0.39, 0.29) is 24.4 Å². The number of rotatable bonds is 5. The summed E-state index contributed by atoms with van der Waals surface area (Å²) in [4.78, 5) is 11.4. The molecule has 0 spiro atoms. The fourth-order valence-corrected chi connectivity index (χ4v) is 1.48. The summed E-state index contributed by atoms with van der Waals surface area (Å²) < 4.78 is 4.74. The van der Waals surface area contributed by atoms with Gasteiger partial charge in [0, 0.05) is 0 Å². The first-order chi connectivity index (χ1) is 7.27. The largest absolute Gasteiger partial charge is 0.468 e. The molecule has 0 aromatic heterocycles. The fraction of sp³-hybridized carbons (Fsp3) is 0.417. The van der Waals surface area contributed by atoms with Gasteiger partial charge < -0.3 is 10.1 Å². The molecule has 0 radical (unpaired) electrons. The molecule has 1 N–H and O–H groups in total. The molecule has 0 saturated heterocycles. The first-order valence-electron chi connectivity index (χ1n) is 5.13. The maximum Gasteiger partial charge on any atom is 0.323 e. The van der Waals surface area contributed by atoms with E-state index in [9.17, 15) is 4.79 Å². The van der Waals surface area contributed by atoms with E-state index in [4.69, 9.17) is 4.74 Å². The minimum atomic E-state index is -0.248. The third-order valence-electron chi connectivity index (χ3n) is 2.22. The summed E-state index contributed by atoms with van der Waals surface area (Å²) >= 11 is 0. The predicted molar refractivity (Wildman–Crippen MR) is 66.9 cm³/mol. The number of methoxy groups -OCH3 is 1. The highest BCUT2D eigenvalue weighted by molar-refractivity contribution is 5.85. The van der Waals surface area contributed by atoms with E-state index in [1.165, 1.54) is 7.11 Å². The van der Waals surface area contributed by atoms with Crippen LogP contribution in [-0.4, -0.2) is 25.7 Å². The van der Waals surface area contributed by atoms with E-state index in [2.05, 4.69) is 5.32 Å². The van der Waals surface area contributed by atoms with Gasteiger partial charge in [-0.3, -0.25) is 4.79 Å². The van der Waals surface area contributed by atoms with Gasteiger partial charge in [-0.15, -0.1) is 12.4 Å². The molecule has 0 aliphatic rings. The van der Waals surface area contributed by atoms with Gasteiger partial charge in [0.2, 0.25) is 0 Å². The molecule has 0 heterocycles. The van der Waals surface area contributed by atoms with Crippen molar-refractivity contribution in [2.75, 3.05) is 13.7 Å². The van der Waals surface area contributed by atoms with E-state index in [0.29, 0.717) is 6.42 Å². The number of likely N-dealkylation sites (N-methyl/N-ethyl adjacent to an activating group) is 1. The molecule has 1 atom stereocenters. The normalized spacial score (nSPS) is 11.4. The Balaban J connectivity index is 0.00000225. The Kier molecular flexibility index (Phi) is 7.60. The Bertz CT molecular complexity index is 303. The lowest BCUT2D eigenvalue weighted by molar-refractivity contribution is -0.143. The van der Waals surface area contributed by atoms with E-state index in [1.807, 2.05) is 37.3 Å². The van der Waals surface area contributed by atoms with Crippen LogP contribution in [0.25, 0.3) is 0 Å². The van der Waals surface area contributed by atoms with Crippen molar-refractivity contribution in [3.63, 3.8) is 0 Å². The zero-order chi connectivity index (χ0) is 11.1. The number of carbonyl (C=O) groups is 1. The van der Waals surface area contributed by atoms with Gasteiger partial charge in [-0.05, 0) is 18.5 Å². The number of ether oxygens (including phenoxy) is 1. The molecule has 0 aliphatic heterocycles. The summed E-state index contributed by atoms with van der Waals surface area (Å²) in [5.41, 5.74) is 1.13. The molecule has 0 saturated carbocycles. The Morgan fingerprint density at radius 2 is 2.00 bits per heavy atom. The van der Waals surface area contributed by atoms with Crippen LogP contribution in [0, 0.1) is 0 Å². The Morgan fingerprint density at radius 1 is 1.38 bits per heavy atom. The van der Waals surface area contributed by atoms with Gasteiger partial charge in [0.1, 0.15) is 6.04 Å². The number of hydrogen-bond donors (Lipinski definition) is 1. The van der Waals surface area contributed by atoms with Crippen LogP contribution in [0.15, 0.2) is 30.3 Å². The summed E-state index contributed by atoms with van der Waals surface area (Å²) in [7, 11) is 1.41. The van der Waals surface area contributed by atoms with Crippen molar-refractivity contribution in [2.24, 2.45) is 0 Å². The highest BCUT2D eigenvalue weighted by Crippen LogP contribution is 2.04. The van der Waals surface area contributed by atoms with Crippen molar-refractivity contribution in [3.05, 3.63) is 35.9 Å². The van der Waals surface area contributed by atoms with Crippen molar-refractivity contribution in [2.45, 2.75) is 19.4 Å². The van der Waals surface area contributed by atoms with Gasteiger partial charge in [0.25, 0.3) is 0 Å². The highest BCUT2D eigenvalue weighted by Gasteiger charge is 2.17. The van der Waals surface area contributed by atoms with Crippen molar-refractivity contribution < 1.29 is 9.53 Å². The van der Waals surface area contributed by atoms with Crippen LogP contribution in [0.4, 0.5) is 0 Å². The third kappa shape index (κ3) is 4.64. The maximum absolute atomic E-state index is 11.4. The van der Waals surface area contributed by atoms with Crippen LogP contribution in [0.2, 0.25) is 0 Å². The van der Waals surface area contributed by atoms with Gasteiger partial charge in [0.05, 0.1) is 7.11 Å². The van der Waals surface area contributed by atoms with Crippen molar-refractivity contribution in [3.8, 4) is 0 Å². The zero-order valence-electron chi connectivity index (χ0n) is 9.60. The zero-order valence-corrected chi connectivity index (χ0v) is 10.4. The fourth-order valence-electron chi connectivity index (χ4n) is 1.48. The van der Waals surface area contributed by atoms with Gasteiger partial charge in [-0.2, -0.15) is 0 Å². The summed E-state index contributed by atoms with van der Waals surface area (Å²) in [6, 6.07) is 9.66. The molecular formula is C12H18ClNO2. The van der Waals surface area contributed by atoms with Crippen LogP contribution >= 0.6 is 12.4 Å². The first-order valence-corrected chi connectivity index (χ1v) is 5.13. The summed E-state index contributed by atoms with van der Waals surface area (Å²) in [6.45, 7) is 2.73. The second-order valence-electron chi connectivity index (χ2n) is 3.32. The van der Waals surface area contributed by atoms with Crippen LogP contribution in [0.3, 0.4) is 0 Å². The third-order valence-corrected chi connectivity index (χ3v) is 2.22. The van der Waals surface area contributed by atoms with Crippen LogP contribution in [0.5, 0.6) is 0 Å². The van der Waals surface area contributed by atoms with E-state index < -0.39 is 0 Å². The van der Waals surface area contributed by atoms with Gasteiger partial charge >= 0.3 is 5.97 Å². The molecular weight excluding hydrogens is 226 g/mol. The van der Waals surface area contributed by atoms with Crippen molar-refractivity contribution in [1.29, 1.82) is 0 Å². The molecule has 4 heteroatoms. The SMILES string of the molecule is CCN[C@H](Cc1ccccc1)C(=O)OC.Cl. The molecule has 1 rings (SSSR count). The Labute approximate surface area is 103 Å². The van der Waals surface area contributed by atoms with Gasteiger partial charge in [0.15, 0.2) is 0 Å². The van der Waals surface area contributed by atoms with Gasteiger partial charge in [-0.25, -0.2) is 0 Å². The van der Waals surface area contributed by atoms with Crippen molar-refractivity contribution in [1.82, 2.24) is 5.32 Å². The molecule has 1 aromatic rings. The summed E-state index contributed by atoms with van der Waals surface area (Å²) in [6.07, 6.45) is 0.668. The first kappa shape index (κ1) is 14.9. The summed E-state index contributed by atoms with van der Waals surface area (Å²) in [5, 5.41) is 3.11. The average Bonchev–Trinajstić information content (AvgIpc) is 2.29. The van der Waals surface area contributed by atoms with Crippen LogP contribution < -0.4 is 5.32 Å². The average molecular weight is 244 g/mol. The van der Waals surface area contributed by atoms with Crippen LogP contribution in [0.1, 0.15) is 12.5 Å². The lowest BCUT2D eigenvalue weighted by atomic mass is 10.1. The smallest absolute Gasteiger partial charge is 0.323 e. The standard InChI is InChI=1S/C12H17NO2.ClH/c1-3-13-11(12(14)15-2)9-10-7-5-4-6-8-10;/h4-8,11,13H,3,9H2,1-2H3;1H/t11-;/m1./s1. The van der Waals surface area contributed by atoms with E-state index in [1.54, 1.807) is 0 Å². The minimum Gasteiger partial charge on any atom is -0.468 e. The predicted octanol–water partition coefficient (Wildman–Crippen LogP) is 1.80. The number of hydrogen-bond acceptors (Lipinski definition) is 3. The molecule has 0 fully saturated rings. The molecule has 0 bridgehead atoms. The number of benzene rings is 1. The monoisotopic (exact) mass is 243 g/mol. The maximum atomic E-state index is 11.4. The number of carbonyl (C=O) groups excluding carboxylic acids is 1. The Morgan fingerprint density at radius 3 is 2.50 bits per heavy atom. The van der Waals surface area contributed by atoms with Crippen LogP contribution in [-0.2, 0) is 16.0 Å². The van der Waals surface area contributed by atoms with E-state index in [0.717, 1.165) is 12.1 Å². The molecule has 1 aromatic carbocycles. The van der Waals surface area contributed by atoms with Crippen molar-refractivity contribution >= 4 is 18.4 Å². The van der Waals surface area contributed by atoms with E-state index >= 15 is 0 Å². The number of esters is 1. The quantitative estimate of drug-likeness (QED) is 0.802. The lowest BCUT2D eigenvalue weighted by Crippen LogP contribution is -2.39. The van der Waals surface area contributed by atoms with Gasteiger partial charge in [-0.1, -0.05) is 37.3 Å². The molecule has 0 amide bonds. The minimum absolute atomic E-state index is 0.